The number of para-hydroxylation sites is 1. The fourth-order valence-corrected chi connectivity index (χ4v) is 1.76. The minimum atomic E-state index is -0.107. The van der Waals surface area contributed by atoms with Gasteiger partial charge in [-0.25, -0.2) is 4.68 Å². The molecule has 1 heterocycles. The Morgan fingerprint density at radius 2 is 2.17 bits per heavy atom. The Morgan fingerprint density at radius 1 is 1.39 bits per heavy atom. The first-order chi connectivity index (χ1) is 8.72. The van der Waals surface area contributed by atoms with Gasteiger partial charge >= 0.3 is 0 Å². The van der Waals surface area contributed by atoms with E-state index >= 15 is 0 Å². The second-order valence-corrected chi connectivity index (χ2v) is 4.25. The maximum atomic E-state index is 5.79. The molecule has 96 valence electrons. The minimum absolute atomic E-state index is 0.107. The number of hydrogen-bond donors (Lipinski definition) is 1. The van der Waals surface area contributed by atoms with Crippen molar-refractivity contribution >= 4 is 0 Å². The van der Waals surface area contributed by atoms with E-state index in [0.717, 1.165) is 17.8 Å². The summed E-state index contributed by atoms with van der Waals surface area (Å²) >= 11 is 0. The fraction of sp³-hybridized carbons (Fsp3) is 0.385. The summed E-state index contributed by atoms with van der Waals surface area (Å²) in [6.45, 7) is 2.58. The number of rotatable bonds is 5. The van der Waals surface area contributed by atoms with E-state index in [4.69, 9.17) is 10.5 Å². The highest BCUT2D eigenvalue weighted by Gasteiger charge is 2.09. The molecule has 0 aliphatic carbocycles. The Hall–Kier alpha value is -1.72. The van der Waals surface area contributed by atoms with Crippen molar-refractivity contribution in [1.29, 1.82) is 0 Å². The lowest BCUT2D eigenvalue weighted by Crippen LogP contribution is -2.05. The average molecular weight is 246 g/mol. The van der Waals surface area contributed by atoms with Gasteiger partial charge in [0.25, 0.3) is 0 Å². The lowest BCUT2D eigenvalue weighted by atomic mass is 10.1. The number of nitrogens with zero attached hydrogens (tertiary/aromatic N) is 3. The highest BCUT2D eigenvalue weighted by Crippen LogP contribution is 2.15. The van der Waals surface area contributed by atoms with Crippen molar-refractivity contribution in [3.05, 3.63) is 41.7 Å². The highest BCUT2D eigenvalue weighted by atomic mass is 16.5. The second kappa shape index (κ2) is 5.75. The number of nitrogens with two attached hydrogens (primary N) is 1. The van der Waals surface area contributed by atoms with Gasteiger partial charge in [0.15, 0.2) is 0 Å². The first kappa shape index (κ1) is 12.7. The van der Waals surface area contributed by atoms with Crippen LogP contribution in [0.5, 0.6) is 0 Å². The van der Waals surface area contributed by atoms with Crippen molar-refractivity contribution in [3.8, 4) is 5.69 Å². The summed E-state index contributed by atoms with van der Waals surface area (Å²) < 4.78 is 6.88. The molecule has 0 fully saturated rings. The normalized spacial score (nSPS) is 12.6. The van der Waals surface area contributed by atoms with E-state index in [0.29, 0.717) is 6.61 Å². The van der Waals surface area contributed by atoms with E-state index in [1.807, 2.05) is 31.3 Å². The summed E-state index contributed by atoms with van der Waals surface area (Å²) in [5.41, 5.74) is 8.78. The van der Waals surface area contributed by atoms with Gasteiger partial charge in [-0.15, -0.1) is 5.10 Å². The molecule has 1 atom stereocenters. The van der Waals surface area contributed by atoms with Crippen molar-refractivity contribution in [2.45, 2.75) is 19.4 Å². The van der Waals surface area contributed by atoms with Crippen LogP contribution in [0.3, 0.4) is 0 Å². The molecule has 0 radical (unpaired) electrons. The summed E-state index contributed by atoms with van der Waals surface area (Å²) in [7, 11) is 1.70. The topological polar surface area (TPSA) is 66.0 Å². The summed E-state index contributed by atoms with van der Waals surface area (Å²) in [5, 5.41) is 8.19. The predicted molar refractivity (Wildman–Crippen MR) is 69.5 cm³/mol. The SMILES string of the molecule is COCCc1ccccc1-n1cc(C(C)N)nn1. The maximum Gasteiger partial charge on any atom is 0.0995 e. The van der Waals surface area contributed by atoms with E-state index in [1.54, 1.807) is 11.8 Å². The first-order valence-electron chi connectivity index (χ1n) is 5.97. The van der Waals surface area contributed by atoms with Crippen LogP contribution >= 0.6 is 0 Å². The van der Waals surface area contributed by atoms with Crippen LogP contribution in [-0.4, -0.2) is 28.7 Å². The molecule has 2 N–H and O–H groups in total. The molecule has 0 bridgehead atoms. The van der Waals surface area contributed by atoms with E-state index in [1.165, 1.54) is 5.56 Å². The monoisotopic (exact) mass is 246 g/mol. The summed E-state index contributed by atoms with van der Waals surface area (Å²) in [4.78, 5) is 0. The average Bonchev–Trinajstić information content (AvgIpc) is 2.86. The van der Waals surface area contributed by atoms with Crippen molar-refractivity contribution in [2.24, 2.45) is 5.73 Å². The number of ether oxygens (including phenoxy) is 1. The standard InChI is InChI=1S/C13H18N4O/c1-10(14)12-9-17(16-15-12)13-6-4-3-5-11(13)7-8-18-2/h3-6,9-10H,7-8,14H2,1-2H3. The zero-order chi connectivity index (χ0) is 13.0. The molecule has 2 rings (SSSR count). The Kier molecular flexibility index (Phi) is 4.07. The van der Waals surface area contributed by atoms with Crippen molar-refractivity contribution in [3.63, 3.8) is 0 Å². The zero-order valence-corrected chi connectivity index (χ0v) is 10.7. The van der Waals surface area contributed by atoms with Gasteiger partial charge in [-0.05, 0) is 25.0 Å². The molecule has 0 saturated heterocycles. The van der Waals surface area contributed by atoms with Gasteiger partial charge in [-0.3, -0.25) is 0 Å². The van der Waals surface area contributed by atoms with Crippen LogP contribution in [0, 0.1) is 0 Å². The van der Waals surface area contributed by atoms with Gasteiger partial charge in [0.2, 0.25) is 0 Å². The van der Waals surface area contributed by atoms with Crippen LogP contribution in [0.2, 0.25) is 0 Å². The minimum Gasteiger partial charge on any atom is -0.384 e. The van der Waals surface area contributed by atoms with Crippen molar-refractivity contribution < 1.29 is 4.74 Å². The fourth-order valence-electron chi connectivity index (χ4n) is 1.76. The van der Waals surface area contributed by atoms with Crippen LogP contribution in [0.15, 0.2) is 30.5 Å². The predicted octanol–water partition coefficient (Wildman–Crippen LogP) is 1.48. The lowest BCUT2D eigenvalue weighted by molar-refractivity contribution is 0.202. The molecular weight excluding hydrogens is 228 g/mol. The van der Waals surface area contributed by atoms with Crippen LogP contribution in [0.4, 0.5) is 0 Å². The van der Waals surface area contributed by atoms with E-state index in [-0.39, 0.29) is 6.04 Å². The highest BCUT2D eigenvalue weighted by molar-refractivity contribution is 5.40. The summed E-state index contributed by atoms with van der Waals surface area (Å²) in [6, 6.07) is 7.98. The van der Waals surface area contributed by atoms with Crippen LogP contribution in [0.1, 0.15) is 24.2 Å². The Morgan fingerprint density at radius 3 is 2.83 bits per heavy atom. The summed E-state index contributed by atoms with van der Waals surface area (Å²) in [6.07, 6.45) is 2.72. The van der Waals surface area contributed by atoms with Gasteiger partial charge in [0, 0.05) is 13.2 Å². The molecule has 0 spiro atoms. The first-order valence-corrected chi connectivity index (χ1v) is 5.97. The third-order valence-electron chi connectivity index (χ3n) is 2.79. The number of methoxy groups -OCH3 is 1. The Labute approximate surface area is 107 Å². The molecule has 5 heteroatoms. The quantitative estimate of drug-likeness (QED) is 0.867. The molecule has 18 heavy (non-hydrogen) atoms. The molecule has 5 nitrogen and oxygen atoms in total. The van der Waals surface area contributed by atoms with E-state index in [9.17, 15) is 0 Å². The van der Waals surface area contributed by atoms with Crippen molar-refractivity contribution in [1.82, 2.24) is 15.0 Å². The lowest BCUT2D eigenvalue weighted by Gasteiger charge is -2.08. The zero-order valence-electron chi connectivity index (χ0n) is 10.7. The number of benzene rings is 1. The van der Waals surface area contributed by atoms with E-state index < -0.39 is 0 Å². The van der Waals surface area contributed by atoms with Gasteiger partial charge in [-0.1, -0.05) is 23.4 Å². The molecular formula is C13H18N4O. The molecule has 0 aliphatic heterocycles. The second-order valence-electron chi connectivity index (χ2n) is 4.25. The van der Waals surface area contributed by atoms with Gasteiger partial charge < -0.3 is 10.5 Å². The smallest absolute Gasteiger partial charge is 0.0995 e. The van der Waals surface area contributed by atoms with Gasteiger partial charge in [0.1, 0.15) is 0 Å². The van der Waals surface area contributed by atoms with Crippen molar-refractivity contribution in [2.75, 3.05) is 13.7 Å². The third kappa shape index (κ3) is 2.75. The van der Waals surface area contributed by atoms with Crippen LogP contribution in [-0.2, 0) is 11.2 Å². The Balaban J connectivity index is 2.30. The maximum absolute atomic E-state index is 5.79. The molecule has 1 aromatic carbocycles. The molecule has 2 aromatic rings. The molecule has 0 aliphatic rings. The molecule has 1 unspecified atom stereocenters. The van der Waals surface area contributed by atoms with Crippen LogP contribution in [0.25, 0.3) is 5.69 Å². The van der Waals surface area contributed by atoms with E-state index in [2.05, 4.69) is 16.4 Å². The van der Waals surface area contributed by atoms with Crippen LogP contribution < -0.4 is 5.73 Å². The van der Waals surface area contributed by atoms with Gasteiger partial charge in [0.05, 0.1) is 24.2 Å². The largest absolute Gasteiger partial charge is 0.384 e. The number of hydrogen-bond acceptors (Lipinski definition) is 4. The third-order valence-corrected chi connectivity index (χ3v) is 2.79. The molecule has 0 saturated carbocycles. The molecule has 0 amide bonds. The van der Waals surface area contributed by atoms with Gasteiger partial charge in [-0.2, -0.15) is 0 Å². The number of aromatic nitrogens is 3. The summed E-state index contributed by atoms with van der Waals surface area (Å²) in [5.74, 6) is 0. The Bertz CT molecular complexity index is 507. The molecule has 1 aromatic heterocycles.